The smallest absolute Gasteiger partial charge is 0.306 e. The van der Waals surface area contributed by atoms with Gasteiger partial charge in [-0.05, 0) is 103 Å². The fourth-order valence-electron chi connectivity index (χ4n) is 11.0. The molecule has 0 aromatic carbocycles. The van der Waals surface area contributed by atoms with Crippen LogP contribution in [0, 0.1) is 0 Å². The number of allylic oxidation sites excluding steroid dienone is 10. The van der Waals surface area contributed by atoms with E-state index in [9.17, 15) is 14.4 Å². The summed E-state index contributed by atoms with van der Waals surface area (Å²) in [6.07, 6.45) is 92.8. The first-order valence-electron chi connectivity index (χ1n) is 36.8. The highest BCUT2D eigenvalue weighted by Gasteiger charge is 2.19. The first-order valence-corrected chi connectivity index (χ1v) is 36.8. The van der Waals surface area contributed by atoms with Crippen molar-refractivity contribution in [2.75, 3.05) is 13.2 Å². The van der Waals surface area contributed by atoms with Crippen molar-refractivity contribution in [3.8, 4) is 0 Å². The fourth-order valence-corrected chi connectivity index (χ4v) is 11.0. The van der Waals surface area contributed by atoms with Crippen LogP contribution in [0.1, 0.15) is 393 Å². The number of hydrogen-bond acceptors (Lipinski definition) is 6. The van der Waals surface area contributed by atoms with Crippen LogP contribution in [0.4, 0.5) is 0 Å². The van der Waals surface area contributed by atoms with Gasteiger partial charge in [0.15, 0.2) is 6.10 Å². The van der Waals surface area contributed by atoms with Crippen molar-refractivity contribution in [3.63, 3.8) is 0 Å². The van der Waals surface area contributed by atoms with Gasteiger partial charge in [0.25, 0.3) is 0 Å². The van der Waals surface area contributed by atoms with Crippen LogP contribution >= 0.6 is 0 Å². The third-order valence-corrected chi connectivity index (χ3v) is 16.5. The second-order valence-electron chi connectivity index (χ2n) is 24.8. The minimum Gasteiger partial charge on any atom is -0.462 e. The van der Waals surface area contributed by atoms with Crippen molar-refractivity contribution in [1.29, 1.82) is 0 Å². The van der Waals surface area contributed by atoms with Gasteiger partial charge in [0.2, 0.25) is 0 Å². The molecular formula is C77H140O6. The van der Waals surface area contributed by atoms with Gasteiger partial charge in [-0.1, -0.05) is 332 Å². The third-order valence-electron chi connectivity index (χ3n) is 16.5. The average molecular weight is 1160 g/mol. The molecule has 6 nitrogen and oxygen atoms in total. The Bertz CT molecular complexity index is 1470. The molecule has 0 N–H and O–H groups in total. The summed E-state index contributed by atoms with van der Waals surface area (Å²) >= 11 is 0. The van der Waals surface area contributed by atoms with Crippen LogP contribution in [0.2, 0.25) is 0 Å². The molecule has 0 rings (SSSR count). The Kier molecular flexibility index (Phi) is 69.1. The third kappa shape index (κ3) is 69.8. The molecule has 0 aromatic heterocycles. The van der Waals surface area contributed by atoms with Crippen molar-refractivity contribution >= 4 is 17.9 Å². The minimum atomic E-state index is -0.786. The van der Waals surface area contributed by atoms with Crippen LogP contribution in [0.5, 0.6) is 0 Å². The summed E-state index contributed by atoms with van der Waals surface area (Å²) in [7, 11) is 0. The number of carbonyl (C=O) groups is 3. The number of rotatable bonds is 68. The molecule has 0 bridgehead atoms. The number of ether oxygens (including phenoxy) is 3. The van der Waals surface area contributed by atoms with Gasteiger partial charge in [-0.25, -0.2) is 0 Å². The molecule has 0 aliphatic heterocycles. The molecule has 484 valence electrons. The van der Waals surface area contributed by atoms with E-state index in [1.807, 2.05) is 0 Å². The average Bonchev–Trinajstić information content (AvgIpc) is 3.50. The normalized spacial score (nSPS) is 12.4. The Hall–Kier alpha value is -2.89. The molecule has 0 radical (unpaired) electrons. The maximum atomic E-state index is 12.9. The topological polar surface area (TPSA) is 78.9 Å². The van der Waals surface area contributed by atoms with Gasteiger partial charge in [-0.3, -0.25) is 14.4 Å². The van der Waals surface area contributed by atoms with Gasteiger partial charge in [0.1, 0.15) is 13.2 Å². The quantitative estimate of drug-likeness (QED) is 0.0261. The predicted molar refractivity (Wildman–Crippen MR) is 362 cm³/mol. The maximum absolute atomic E-state index is 12.9. The molecule has 0 aliphatic carbocycles. The zero-order chi connectivity index (χ0) is 59.9. The standard InChI is InChI=1S/C77H140O6/c1-4-7-10-13-16-19-22-25-28-29-30-31-32-33-34-35-36-37-38-39-40-41-42-43-44-45-46-47-50-52-55-58-61-64-67-70-76(79)82-73-74(83-77(80)71-68-65-62-59-56-53-49-27-24-21-18-15-12-9-6-3)72-81-75(78)69-66-63-60-57-54-51-48-26-23-20-17-14-11-8-5-2/h9,12,18,21,26-27,29-30,48-49,74H,4-8,10-11,13-17,19-20,22-25,28,31-47,50-73H2,1-3H3/b12-9-,21-18-,30-29-,48-26-,49-27-. The Morgan fingerprint density at radius 3 is 0.747 bits per heavy atom. The molecule has 0 spiro atoms. The highest BCUT2D eigenvalue weighted by Crippen LogP contribution is 2.18. The van der Waals surface area contributed by atoms with E-state index in [0.717, 1.165) is 103 Å². The summed E-state index contributed by atoms with van der Waals surface area (Å²) in [6.45, 7) is 6.56. The first-order chi connectivity index (χ1) is 41.0. The summed E-state index contributed by atoms with van der Waals surface area (Å²) in [4.78, 5) is 38.4. The highest BCUT2D eigenvalue weighted by molar-refractivity contribution is 5.71. The Morgan fingerprint density at radius 2 is 0.470 bits per heavy atom. The monoisotopic (exact) mass is 1160 g/mol. The molecule has 6 heteroatoms. The largest absolute Gasteiger partial charge is 0.462 e. The van der Waals surface area contributed by atoms with Crippen LogP contribution in [0.3, 0.4) is 0 Å². The van der Waals surface area contributed by atoms with E-state index in [1.54, 1.807) is 0 Å². The molecule has 1 unspecified atom stereocenters. The second-order valence-corrected chi connectivity index (χ2v) is 24.8. The van der Waals surface area contributed by atoms with E-state index >= 15 is 0 Å². The van der Waals surface area contributed by atoms with Crippen LogP contribution < -0.4 is 0 Å². The summed E-state index contributed by atoms with van der Waals surface area (Å²) in [5.74, 6) is -0.885. The summed E-state index contributed by atoms with van der Waals surface area (Å²) in [5.41, 5.74) is 0. The lowest BCUT2D eigenvalue weighted by Gasteiger charge is -2.18. The van der Waals surface area contributed by atoms with Crippen LogP contribution in [0.25, 0.3) is 0 Å². The Morgan fingerprint density at radius 1 is 0.253 bits per heavy atom. The van der Waals surface area contributed by atoms with Gasteiger partial charge >= 0.3 is 17.9 Å². The van der Waals surface area contributed by atoms with E-state index in [1.165, 1.54) is 250 Å². The number of carbonyl (C=O) groups excluding carboxylic acids is 3. The molecule has 0 aliphatic rings. The molecular weight excluding hydrogens is 1020 g/mol. The molecule has 1 atom stereocenters. The fraction of sp³-hybridized carbons (Fsp3) is 0.831. The van der Waals surface area contributed by atoms with Crippen LogP contribution in [0.15, 0.2) is 60.8 Å². The van der Waals surface area contributed by atoms with E-state index in [0.29, 0.717) is 19.3 Å². The van der Waals surface area contributed by atoms with Gasteiger partial charge in [0.05, 0.1) is 0 Å². The van der Waals surface area contributed by atoms with Gasteiger partial charge < -0.3 is 14.2 Å². The van der Waals surface area contributed by atoms with Crippen molar-refractivity contribution in [2.45, 2.75) is 399 Å². The molecule has 0 fully saturated rings. The lowest BCUT2D eigenvalue weighted by atomic mass is 10.0. The molecule has 0 aromatic rings. The van der Waals surface area contributed by atoms with Gasteiger partial charge in [-0.2, -0.15) is 0 Å². The van der Waals surface area contributed by atoms with Crippen LogP contribution in [-0.4, -0.2) is 37.2 Å². The summed E-state index contributed by atoms with van der Waals surface area (Å²) < 4.78 is 17.0. The van der Waals surface area contributed by atoms with Crippen molar-refractivity contribution in [3.05, 3.63) is 60.8 Å². The zero-order valence-corrected chi connectivity index (χ0v) is 55.7. The Labute approximate surface area is 517 Å². The first kappa shape index (κ1) is 80.1. The predicted octanol–water partition coefficient (Wildman–Crippen LogP) is 25.5. The number of unbranched alkanes of at least 4 members (excludes halogenated alkanes) is 47. The molecule has 0 heterocycles. The van der Waals surface area contributed by atoms with E-state index < -0.39 is 6.10 Å². The van der Waals surface area contributed by atoms with Crippen molar-refractivity contribution in [1.82, 2.24) is 0 Å². The van der Waals surface area contributed by atoms with Crippen molar-refractivity contribution < 1.29 is 28.6 Å². The second kappa shape index (κ2) is 71.6. The Balaban J connectivity index is 4.09. The van der Waals surface area contributed by atoms with Crippen LogP contribution in [-0.2, 0) is 28.6 Å². The lowest BCUT2D eigenvalue weighted by molar-refractivity contribution is -0.167. The maximum Gasteiger partial charge on any atom is 0.306 e. The summed E-state index contributed by atoms with van der Waals surface area (Å²) in [5, 5.41) is 0. The number of esters is 3. The van der Waals surface area contributed by atoms with E-state index in [-0.39, 0.29) is 31.1 Å². The number of hydrogen-bond donors (Lipinski definition) is 0. The molecule has 0 saturated heterocycles. The van der Waals surface area contributed by atoms with Gasteiger partial charge in [0, 0.05) is 19.3 Å². The minimum absolute atomic E-state index is 0.0804. The zero-order valence-electron chi connectivity index (χ0n) is 55.7. The van der Waals surface area contributed by atoms with Gasteiger partial charge in [-0.15, -0.1) is 0 Å². The molecule has 0 saturated carbocycles. The molecule has 0 amide bonds. The SMILES string of the molecule is CC/C=C\C/C=C\C/C=C\CCCCCCCC(=O)OC(COC(=O)CCCCCCC/C=C\CCCCCCCC)COC(=O)CCCCCCCCCCCCCCCCCCCCCCCCC/C=C\CCCCCCCCCC. The molecule has 83 heavy (non-hydrogen) atoms. The van der Waals surface area contributed by atoms with E-state index in [4.69, 9.17) is 14.2 Å². The summed E-state index contributed by atoms with van der Waals surface area (Å²) in [6, 6.07) is 0. The highest BCUT2D eigenvalue weighted by atomic mass is 16.6. The van der Waals surface area contributed by atoms with E-state index in [2.05, 4.69) is 81.5 Å². The van der Waals surface area contributed by atoms with Crippen molar-refractivity contribution in [2.24, 2.45) is 0 Å². The lowest BCUT2D eigenvalue weighted by Crippen LogP contribution is -2.30.